The SMILES string of the molecule is CCC(C)(CN)CNCC(C)(CC)CN. The molecule has 0 saturated carbocycles. The fraction of sp³-hybridized carbons (Fsp3) is 1.00. The Morgan fingerprint density at radius 3 is 1.40 bits per heavy atom. The zero-order valence-corrected chi connectivity index (χ0v) is 10.9. The molecular weight excluding hydrogens is 186 g/mol. The predicted molar refractivity (Wildman–Crippen MR) is 67.8 cm³/mol. The van der Waals surface area contributed by atoms with Gasteiger partial charge in [0, 0.05) is 13.1 Å². The average molecular weight is 215 g/mol. The second kappa shape index (κ2) is 6.46. The molecule has 0 aromatic rings. The molecule has 0 bridgehead atoms. The lowest BCUT2D eigenvalue weighted by Gasteiger charge is -2.31. The highest BCUT2D eigenvalue weighted by atomic mass is 14.9. The summed E-state index contributed by atoms with van der Waals surface area (Å²) in [6.07, 6.45) is 2.23. The van der Waals surface area contributed by atoms with Crippen molar-refractivity contribution in [1.29, 1.82) is 0 Å². The molecule has 0 heterocycles. The van der Waals surface area contributed by atoms with E-state index in [0.29, 0.717) is 0 Å². The molecule has 0 aromatic carbocycles. The maximum atomic E-state index is 5.77. The first-order chi connectivity index (χ1) is 6.95. The van der Waals surface area contributed by atoms with Gasteiger partial charge in [-0.15, -0.1) is 0 Å². The Hall–Kier alpha value is -0.120. The third kappa shape index (κ3) is 4.96. The molecule has 15 heavy (non-hydrogen) atoms. The van der Waals surface area contributed by atoms with Gasteiger partial charge in [0.05, 0.1) is 0 Å². The number of rotatable bonds is 8. The first-order valence-electron chi connectivity index (χ1n) is 6.06. The van der Waals surface area contributed by atoms with E-state index in [2.05, 4.69) is 33.0 Å². The first-order valence-corrected chi connectivity index (χ1v) is 6.06. The molecule has 3 nitrogen and oxygen atoms in total. The smallest absolute Gasteiger partial charge is 0.00174 e. The molecule has 0 rings (SSSR count). The van der Waals surface area contributed by atoms with Crippen LogP contribution in [0, 0.1) is 10.8 Å². The van der Waals surface area contributed by atoms with E-state index < -0.39 is 0 Å². The molecule has 3 heteroatoms. The van der Waals surface area contributed by atoms with E-state index in [1.54, 1.807) is 0 Å². The molecule has 2 unspecified atom stereocenters. The van der Waals surface area contributed by atoms with Gasteiger partial charge in [-0.3, -0.25) is 0 Å². The van der Waals surface area contributed by atoms with Crippen molar-refractivity contribution < 1.29 is 0 Å². The topological polar surface area (TPSA) is 64.1 Å². The Balaban J connectivity index is 3.96. The van der Waals surface area contributed by atoms with Crippen molar-refractivity contribution in [3.8, 4) is 0 Å². The van der Waals surface area contributed by atoms with E-state index in [0.717, 1.165) is 39.0 Å². The summed E-state index contributed by atoms with van der Waals surface area (Å²) in [6, 6.07) is 0. The summed E-state index contributed by atoms with van der Waals surface area (Å²) < 4.78 is 0. The van der Waals surface area contributed by atoms with Gasteiger partial charge < -0.3 is 16.8 Å². The fourth-order valence-corrected chi connectivity index (χ4v) is 1.35. The minimum Gasteiger partial charge on any atom is -0.330 e. The van der Waals surface area contributed by atoms with Crippen LogP contribution in [0.25, 0.3) is 0 Å². The summed E-state index contributed by atoms with van der Waals surface area (Å²) in [6.45, 7) is 12.3. The van der Waals surface area contributed by atoms with Crippen LogP contribution in [-0.2, 0) is 0 Å². The van der Waals surface area contributed by atoms with Crippen LogP contribution in [0.4, 0.5) is 0 Å². The number of hydrogen-bond acceptors (Lipinski definition) is 3. The zero-order chi connectivity index (χ0) is 11.9. The largest absolute Gasteiger partial charge is 0.330 e. The van der Waals surface area contributed by atoms with Crippen molar-refractivity contribution in [2.75, 3.05) is 26.2 Å². The highest BCUT2D eigenvalue weighted by Gasteiger charge is 2.23. The Morgan fingerprint density at radius 2 is 1.20 bits per heavy atom. The maximum Gasteiger partial charge on any atom is 0.00174 e. The van der Waals surface area contributed by atoms with Gasteiger partial charge in [0.1, 0.15) is 0 Å². The standard InChI is InChI=1S/C12H29N3/c1-5-11(3,7-13)9-15-10-12(4,6-2)8-14/h15H,5-10,13-14H2,1-4H3. The highest BCUT2D eigenvalue weighted by Crippen LogP contribution is 2.20. The van der Waals surface area contributed by atoms with E-state index in [4.69, 9.17) is 11.5 Å². The maximum absolute atomic E-state index is 5.77. The molecule has 92 valence electrons. The Morgan fingerprint density at radius 1 is 0.867 bits per heavy atom. The van der Waals surface area contributed by atoms with Gasteiger partial charge in [-0.1, -0.05) is 27.7 Å². The Labute approximate surface area is 95.0 Å². The number of hydrogen-bond donors (Lipinski definition) is 3. The van der Waals surface area contributed by atoms with Gasteiger partial charge in [0.2, 0.25) is 0 Å². The van der Waals surface area contributed by atoms with E-state index in [9.17, 15) is 0 Å². The van der Waals surface area contributed by atoms with Gasteiger partial charge in [0.25, 0.3) is 0 Å². The second-order valence-electron chi connectivity index (χ2n) is 5.34. The molecule has 0 aliphatic carbocycles. The van der Waals surface area contributed by atoms with E-state index in [1.807, 2.05) is 0 Å². The molecule has 0 aliphatic rings. The monoisotopic (exact) mass is 215 g/mol. The molecule has 2 atom stereocenters. The van der Waals surface area contributed by atoms with Gasteiger partial charge in [-0.25, -0.2) is 0 Å². The molecule has 0 fully saturated rings. The summed E-state index contributed by atoms with van der Waals surface area (Å²) in [4.78, 5) is 0. The van der Waals surface area contributed by atoms with Crippen LogP contribution in [0.15, 0.2) is 0 Å². The third-order valence-corrected chi connectivity index (χ3v) is 3.80. The number of nitrogens with two attached hydrogens (primary N) is 2. The molecule has 0 aliphatic heterocycles. The molecule has 0 spiro atoms. The molecule has 0 saturated heterocycles. The van der Waals surface area contributed by atoms with Gasteiger partial charge in [0.15, 0.2) is 0 Å². The van der Waals surface area contributed by atoms with Crippen LogP contribution in [-0.4, -0.2) is 26.2 Å². The lowest BCUT2D eigenvalue weighted by Crippen LogP contribution is -2.43. The van der Waals surface area contributed by atoms with Crippen molar-refractivity contribution in [2.45, 2.75) is 40.5 Å². The van der Waals surface area contributed by atoms with Crippen LogP contribution in [0.5, 0.6) is 0 Å². The third-order valence-electron chi connectivity index (χ3n) is 3.80. The molecular formula is C12H29N3. The lowest BCUT2D eigenvalue weighted by atomic mass is 9.85. The van der Waals surface area contributed by atoms with Crippen molar-refractivity contribution >= 4 is 0 Å². The second-order valence-corrected chi connectivity index (χ2v) is 5.34. The van der Waals surface area contributed by atoms with Gasteiger partial charge >= 0.3 is 0 Å². The van der Waals surface area contributed by atoms with Crippen LogP contribution < -0.4 is 16.8 Å². The van der Waals surface area contributed by atoms with Gasteiger partial charge in [-0.05, 0) is 36.8 Å². The summed E-state index contributed by atoms with van der Waals surface area (Å²) in [5.41, 5.74) is 12.0. The summed E-state index contributed by atoms with van der Waals surface area (Å²) in [7, 11) is 0. The van der Waals surface area contributed by atoms with Crippen LogP contribution in [0.3, 0.4) is 0 Å². The van der Waals surface area contributed by atoms with Crippen LogP contribution in [0.1, 0.15) is 40.5 Å². The summed E-state index contributed by atoms with van der Waals surface area (Å²) >= 11 is 0. The quantitative estimate of drug-likeness (QED) is 0.572. The van der Waals surface area contributed by atoms with Crippen molar-refractivity contribution in [3.63, 3.8) is 0 Å². The van der Waals surface area contributed by atoms with E-state index >= 15 is 0 Å². The van der Waals surface area contributed by atoms with Gasteiger partial charge in [-0.2, -0.15) is 0 Å². The average Bonchev–Trinajstić information content (AvgIpc) is 2.28. The molecule has 5 N–H and O–H groups in total. The fourth-order valence-electron chi connectivity index (χ4n) is 1.35. The summed E-state index contributed by atoms with van der Waals surface area (Å²) in [5, 5.41) is 3.51. The number of nitrogens with one attached hydrogen (secondary N) is 1. The molecule has 0 amide bonds. The first kappa shape index (κ1) is 14.9. The molecule has 0 aromatic heterocycles. The lowest BCUT2D eigenvalue weighted by molar-refractivity contribution is 0.253. The van der Waals surface area contributed by atoms with Crippen LogP contribution in [0.2, 0.25) is 0 Å². The zero-order valence-electron chi connectivity index (χ0n) is 10.9. The van der Waals surface area contributed by atoms with Crippen molar-refractivity contribution in [3.05, 3.63) is 0 Å². The summed E-state index contributed by atoms with van der Waals surface area (Å²) in [5.74, 6) is 0. The Kier molecular flexibility index (Phi) is 6.41. The molecule has 0 radical (unpaired) electrons. The van der Waals surface area contributed by atoms with Crippen LogP contribution >= 0.6 is 0 Å². The van der Waals surface area contributed by atoms with Crippen molar-refractivity contribution in [1.82, 2.24) is 5.32 Å². The normalized spacial score (nSPS) is 19.6. The minimum atomic E-state index is 0.225. The predicted octanol–water partition coefficient (Wildman–Crippen LogP) is 1.33. The van der Waals surface area contributed by atoms with E-state index in [-0.39, 0.29) is 10.8 Å². The van der Waals surface area contributed by atoms with Crippen molar-refractivity contribution in [2.24, 2.45) is 22.3 Å². The van der Waals surface area contributed by atoms with E-state index in [1.165, 1.54) is 0 Å². The minimum absolute atomic E-state index is 0.225. The highest BCUT2D eigenvalue weighted by molar-refractivity contribution is 4.80. The Bertz CT molecular complexity index is 142.